The Hall–Kier alpha value is -1.98. The first kappa shape index (κ1) is 9.99. The summed E-state index contributed by atoms with van der Waals surface area (Å²) in [6.45, 7) is 5.79. The molecule has 18 heavy (non-hydrogen) atoms. The highest BCUT2D eigenvalue weighted by molar-refractivity contribution is 6.09. The van der Waals surface area contributed by atoms with Gasteiger partial charge in [-0.1, -0.05) is 0 Å². The minimum absolute atomic E-state index is 0.966. The average Bonchev–Trinajstić information content (AvgIpc) is 2.48. The van der Waals surface area contributed by atoms with Gasteiger partial charge >= 0.3 is 0 Å². The molecule has 0 aromatic heterocycles. The third-order valence-electron chi connectivity index (χ3n) is 3.69. The van der Waals surface area contributed by atoms with Gasteiger partial charge in [0, 0.05) is 39.3 Å². The first-order valence-electron chi connectivity index (χ1n) is 6.62. The molecule has 1 aromatic rings. The fourth-order valence-corrected chi connectivity index (χ4v) is 2.94. The second kappa shape index (κ2) is 3.76. The van der Waals surface area contributed by atoms with Gasteiger partial charge in [0.25, 0.3) is 0 Å². The van der Waals surface area contributed by atoms with E-state index in [1.165, 1.54) is 34.1 Å². The van der Waals surface area contributed by atoms with Crippen LogP contribution in [0, 0.1) is 0 Å². The van der Waals surface area contributed by atoms with E-state index < -0.39 is 0 Å². The predicted molar refractivity (Wildman–Crippen MR) is 77.4 cm³/mol. The van der Waals surface area contributed by atoms with Crippen LogP contribution in [0.3, 0.4) is 0 Å². The third-order valence-corrected chi connectivity index (χ3v) is 3.69. The summed E-state index contributed by atoms with van der Waals surface area (Å²) in [7, 11) is 0. The van der Waals surface area contributed by atoms with Crippen molar-refractivity contribution in [2.45, 2.75) is 0 Å². The summed E-state index contributed by atoms with van der Waals surface area (Å²) in [5, 5.41) is 21.0. The van der Waals surface area contributed by atoms with Crippen LogP contribution in [0.1, 0.15) is 0 Å². The van der Waals surface area contributed by atoms with Crippen LogP contribution < -0.4 is 31.9 Å². The number of anilines is 6. The van der Waals surface area contributed by atoms with E-state index >= 15 is 0 Å². The lowest BCUT2D eigenvalue weighted by Crippen LogP contribution is -2.31. The molecule has 6 N–H and O–H groups in total. The van der Waals surface area contributed by atoms with Crippen LogP contribution in [0.25, 0.3) is 0 Å². The summed E-state index contributed by atoms with van der Waals surface area (Å²) in [5.41, 5.74) is 7.16. The van der Waals surface area contributed by atoms with Crippen molar-refractivity contribution in [2.24, 2.45) is 0 Å². The lowest BCUT2D eigenvalue weighted by Gasteiger charge is -2.35. The predicted octanol–water partition coefficient (Wildman–Crippen LogP) is 1.20. The van der Waals surface area contributed by atoms with Gasteiger partial charge in [0.05, 0.1) is 34.1 Å². The Bertz CT molecular complexity index is 362. The standard InChI is InChI=1S/C12H18N6/c1-2-14-8-7(13-1)9-11(17-4-3-15-9)12-10(8)16-5-6-18-12/h13-18H,1-6H2. The molecule has 3 aliphatic heterocycles. The fourth-order valence-electron chi connectivity index (χ4n) is 2.94. The first-order valence-corrected chi connectivity index (χ1v) is 6.62. The minimum Gasteiger partial charge on any atom is -0.380 e. The molecule has 6 heteroatoms. The molecule has 0 aliphatic carbocycles. The van der Waals surface area contributed by atoms with Crippen molar-refractivity contribution >= 4 is 34.1 Å². The van der Waals surface area contributed by atoms with Crippen LogP contribution in [0.15, 0.2) is 0 Å². The number of fused-ring (bicyclic) bond motifs is 6. The number of rotatable bonds is 0. The molecule has 0 radical (unpaired) electrons. The molecule has 0 atom stereocenters. The first-order chi connectivity index (χ1) is 8.95. The second-order valence-electron chi connectivity index (χ2n) is 4.81. The molecule has 3 aliphatic rings. The van der Waals surface area contributed by atoms with Gasteiger partial charge in [-0.3, -0.25) is 0 Å². The summed E-state index contributed by atoms with van der Waals surface area (Å²) in [6.07, 6.45) is 0. The molecular formula is C12H18N6. The Balaban J connectivity index is 1.98. The highest BCUT2D eigenvalue weighted by Crippen LogP contribution is 2.51. The average molecular weight is 246 g/mol. The van der Waals surface area contributed by atoms with E-state index in [2.05, 4.69) is 31.9 Å². The summed E-state index contributed by atoms with van der Waals surface area (Å²) >= 11 is 0. The Labute approximate surface area is 106 Å². The van der Waals surface area contributed by atoms with Gasteiger partial charge in [0.15, 0.2) is 0 Å². The molecule has 0 saturated heterocycles. The summed E-state index contributed by atoms with van der Waals surface area (Å²) < 4.78 is 0. The van der Waals surface area contributed by atoms with Crippen molar-refractivity contribution in [3.63, 3.8) is 0 Å². The van der Waals surface area contributed by atoms with Crippen LogP contribution in [0.2, 0.25) is 0 Å². The normalized spacial score (nSPS) is 19.3. The molecule has 0 saturated carbocycles. The van der Waals surface area contributed by atoms with Crippen molar-refractivity contribution in [1.82, 2.24) is 0 Å². The Kier molecular flexibility index (Phi) is 2.09. The molecule has 4 rings (SSSR count). The smallest absolute Gasteiger partial charge is 0.0856 e. The molecule has 3 heterocycles. The van der Waals surface area contributed by atoms with E-state index in [4.69, 9.17) is 0 Å². The summed E-state index contributed by atoms with van der Waals surface area (Å²) in [4.78, 5) is 0. The molecule has 0 amide bonds. The Morgan fingerprint density at radius 2 is 0.500 bits per heavy atom. The Morgan fingerprint density at radius 1 is 0.333 bits per heavy atom. The van der Waals surface area contributed by atoms with Crippen LogP contribution in [0.5, 0.6) is 0 Å². The van der Waals surface area contributed by atoms with Gasteiger partial charge in [-0.15, -0.1) is 0 Å². The highest BCUT2D eigenvalue weighted by Gasteiger charge is 2.28. The second-order valence-corrected chi connectivity index (χ2v) is 4.81. The Morgan fingerprint density at radius 3 is 0.667 bits per heavy atom. The largest absolute Gasteiger partial charge is 0.380 e. The molecule has 0 unspecified atom stereocenters. The van der Waals surface area contributed by atoms with E-state index in [0.29, 0.717) is 0 Å². The van der Waals surface area contributed by atoms with Gasteiger partial charge in [0.2, 0.25) is 0 Å². The van der Waals surface area contributed by atoms with Crippen LogP contribution in [-0.4, -0.2) is 39.3 Å². The van der Waals surface area contributed by atoms with Crippen LogP contribution in [-0.2, 0) is 0 Å². The number of benzene rings is 1. The maximum absolute atomic E-state index is 3.51. The zero-order valence-corrected chi connectivity index (χ0v) is 10.2. The highest BCUT2D eigenvalue weighted by atomic mass is 15.2. The van der Waals surface area contributed by atoms with E-state index in [-0.39, 0.29) is 0 Å². The van der Waals surface area contributed by atoms with E-state index in [1.54, 1.807) is 0 Å². The summed E-state index contributed by atoms with van der Waals surface area (Å²) in [5.74, 6) is 0. The topological polar surface area (TPSA) is 72.2 Å². The SMILES string of the molecule is C1CNc2c(c3c(c4c2NCCN4)NCCN3)N1. The molecule has 0 spiro atoms. The van der Waals surface area contributed by atoms with Gasteiger partial charge < -0.3 is 31.9 Å². The molecule has 1 aromatic carbocycles. The lowest BCUT2D eigenvalue weighted by atomic mass is 10.0. The fraction of sp³-hybridized carbons (Fsp3) is 0.500. The van der Waals surface area contributed by atoms with Crippen LogP contribution >= 0.6 is 0 Å². The molecule has 0 fully saturated rings. The van der Waals surface area contributed by atoms with Gasteiger partial charge in [-0.2, -0.15) is 0 Å². The number of hydrogen-bond donors (Lipinski definition) is 6. The minimum atomic E-state index is 0.966. The van der Waals surface area contributed by atoms with Gasteiger partial charge in [0.1, 0.15) is 0 Å². The van der Waals surface area contributed by atoms with Gasteiger partial charge in [-0.05, 0) is 0 Å². The molecule has 96 valence electrons. The monoisotopic (exact) mass is 246 g/mol. The van der Waals surface area contributed by atoms with Crippen LogP contribution in [0.4, 0.5) is 34.1 Å². The third kappa shape index (κ3) is 1.28. The maximum atomic E-state index is 3.51. The molecular weight excluding hydrogens is 228 g/mol. The van der Waals surface area contributed by atoms with Crippen molar-refractivity contribution in [2.75, 3.05) is 71.2 Å². The van der Waals surface area contributed by atoms with Crippen molar-refractivity contribution < 1.29 is 0 Å². The molecule has 0 bridgehead atoms. The lowest BCUT2D eigenvalue weighted by molar-refractivity contribution is 0.993. The summed E-state index contributed by atoms with van der Waals surface area (Å²) in [6, 6.07) is 0. The zero-order chi connectivity index (χ0) is 11.9. The quantitative estimate of drug-likeness (QED) is 0.413. The maximum Gasteiger partial charge on any atom is 0.0856 e. The number of hydrogen-bond acceptors (Lipinski definition) is 6. The zero-order valence-electron chi connectivity index (χ0n) is 10.2. The van der Waals surface area contributed by atoms with E-state index in [0.717, 1.165) is 39.3 Å². The van der Waals surface area contributed by atoms with Crippen molar-refractivity contribution in [3.05, 3.63) is 0 Å². The molecule has 6 nitrogen and oxygen atoms in total. The van der Waals surface area contributed by atoms with E-state index in [1.807, 2.05) is 0 Å². The van der Waals surface area contributed by atoms with Gasteiger partial charge in [-0.25, -0.2) is 0 Å². The van der Waals surface area contributed by atoms with Crippen molar-refractivity contribution in [3.8, 4) is 0 Å². The van der Waals surface area contributed by atoms with Crippen molar-refractivity contribution in [1.29, 1.82) is 0 Å². The van der Waals surface area contributed by atoms with E-state index in [9.17, 15) is 0 Å². The number of nitrogens with one attached hydrogen (secondary N) is 6.